The van der Waals surface area contributed by atoms with Crippen molar-refractivity contribution in [2.75, 3.05) is 25.5 Å². The molecule has 1 aliphatic heterocycles. The van der Waals surface area contributed by atoms with E-state index < -0.39 is 28.0 Å². The third kappa shape index (κ3) is 7.48. The van der Waals surface area contributed by atoms with Crippen molar-refractivity contribution in [3.63, 3.8) is 0 Å². The second-order valence-electron chi connectivity index (χ2n) is 11.0. The van der Waals surface area contributed by atoms with Gasteiger partial charge in [0, 0.05) is 25.9 Å². The van der Waals surface area contributed by atoms with Crippen LogP contribution in [0.15, 0.2) is 41.4 Å². The van der Waals surface area contributed by atoms with E-state index in [0.717, 1.165) is 29.8 Å². The Morgan fingerprint density at radius 2 is 1.80 bits per heavy atom. The van der Waals surface area contributed by atoms with Crippen molar-refractivity contribution in [3.05, 3.63) is 58.9 Å². The van der Waals surface area contributed by atoms with E-state index in [2.05, 4.69) is 22.1 Å². The van der Waals surface area contributed by atoms with Crippen molar-refractivity contribution in [3.8, 4) is 0 Å². The maximum atomic E-state index is 13.3. The molecule has 0 unspecified atom stereocenters. The molecular weight excluding hydrogens is 555 g/mol. The van der Waals surface area contributed by atoms with Crippen molar-refractivity contribution in [2.45, 2.75) is 82.6 Å². The summed E-state index contributed by atoms with van der Waals surface area (Å²) in [6.45, 7) is 7.54. The Morgan fingerprint density at radius 3 is 2.39 bits per heavy atom. The molecule has 1 fully saturated rings. The number of hydrogen-bond acceptors (Lipinski definition) is 6. The summed E-state index contributed by atoms with van der Waals surface area (Å²) in [6, 6.07) is 7.93. The smallest absolute Gasteiger partial charge is 0.379 e. The number of fused-ring (bicyclic) bond motifs is 1. The number of alkyl halides is 3. The van der Waals surface area contributed by atoms with E-state index in [1.807, 2.05) is 13.0 Å². The highest BCUT2D eigenvalue weighted by molar-refractivity contribution is 7.91. The Balaban J connectivity index is 1.44. The molecule has 1 aromatic heterocycles. The predicted octanol–water partition coefficient (Wildman–Crippen LogP) is 6.02. The molecule has 0 saturated heterocycles. The van der Waals surface area contributed by atoms with Crippen LogP contribution >= 0.6 is 0 Å². The standard InChI is InChI=1S/C30H40F3N3O4S/c1-4-27-28-23(18-36(27)17-20-7-11-24(12-8-20)30(31,32)33)15-22(16-34-28)29(37)35-26(19-40-5-2)21-9-13-25(14-10-21)41(38,39)6-3/h9-10,13-16,20,24,26-27H,4-8,11-12,17-19H2,1-3H3,(H,35,37)/t20-,24-,26-,27-/m0/s1. The highest BCUT2D eigenvalue weighted by atomic mass is 32.2. The van der Waals surface area contributed by atoms with Gasteiger partial charge in [0.05, 0.1) is 46.5 Å². The summed E-state index contributed by atoms with van der Waals surface area (Å²) < 4.78 is 69.3. The number of benzene rings is 1. The molecule has 0 bridgehead atoms. The van der Waals surface area contributed by atoms with Crippen molar-refractivity contribution in [1.82, 2.24) is 15.2 Å². The summed E-state index contributed by atoms with van der Waals surface area (Å²) in [5.41, 5.74) is 3.03. The molecule has 1 N–H and O–H groups in total. The average Bonchev–Trinajstić information content (AvgIpc) is 3.31. The normalized spacial score (nSPS) is 22.3. The molecule has 1 aromatic carbocycles. The summed E-state index contributed by atoms with van der Waals surface area (Å²) in [5.74, 6) is -1.27. The zero-order valence-corrected chi connectivity index (χ0v) is 24.7. The molecule has 4 rings (SSSR count). The number of ether oxygens (including phenoxy) is 1. The van der Waals surface area contributed by atoms with Crippen molar-refractivity contribution in [1.29, 1.82) is 0 Å². The number of rotatable bonds is 11. The molecule has 2 heterocycles. The van der Waals surface area contributed by atoms with Gasteiger partial charge in [-0.3, -0.25) is 14.7 Å². The van der Waals surface area contributed by atoms with Gasteiger partial charge in [0.15, 0.2) is 9.84 Å². The number of halogens is 3. The van der Waals surface area contributed by atoms with Crippen LogP contribution in [-0.2, 0) is 21.1 Å². The number of carbonyl (C=O) groups excluding carboxylic acids is 1. The Morgan fingerprint density at radius 1 is 1.12 bits per heavy atom. The van der Waals surface area contributed by atoms with Crippen LogP contribution in [0.25, 0.3) is 0 Å². The first kappa shape index (κ1) is 31.4. The van der Waals surface area contributed by atoms with E-state index in [4.69, 9.17) is 4.74 Å². The van der Waals surface area contributed by atoms with Crippen LogP contribution in [0.2, 0.25) is 0 Å². The van der Waals surface area contributed by atoms with Gasteiger partial charge in [-0.05, 0) is 74.3 Å². The lowest BCUT2D eigenvalue weighted by Gasteiger charge is -2.33. The van der Waals surface area contributed by atoms with Crippen LogP contribution in [0.5, 0.6) is 0 Å². The van der Waals surface area contributed by atoms with Crippen LogP contribution in [0.1, 0.15) is 92.1 Å². The molecule has 11 heteroatoms. The molecule has 226 valence electrons. The summed E-state index contributed by atoms with van der Waals surface area (Å²) in [7, 11) is -3.33. The van der Waals surface area contributed by atoms with Crippen LogP contribution in [0, 0.1) is 11.8 Å². The quantitative estimate of drug-likeness (QED) is 0.342. The van der Waals surface area contributed by atoms with Gasteiger partial charge in [0.2, 0.25) is 0 Å². The zero-order chi connectivity index (χ0) is 29.8. The number of aromatic nitrogens is 1. The molecule has 1 amide bonds. The fourth-order valence-electron chi connectivity index (χ4n) is 5.99. The third-order valence-electron chi connectivity index (χ3n) is 8.40. The third-order valence-corrected chi connectivity index (χ3v) is 10.1. The van der Waals surface area contributed by atoms with E-state index in [1.165, 1.54) is 0 Å². The summed E-state index contributed by atoms with van der Waals surface area (Å²) in [4.78, 5) is 20.5. The molecule has 0 spiro atoms. The Bertz CT molecular complexity index is 1290. The van der Waals surface area contributed by atoms with Crippen LogP contribution < -0.4 is 5.32 Å². The maximum absolute atomic E-state index is 13.3. The Labute approximate surface area is 240 Å². The Kier molecular flexibility index (Phi) is 10.1. The highest BCUT2D eigenvalue weighted by Gasteiger charge is 2.42. The minimum Gasteiger partial charge on any atom is -0.379 e. The average molecular weight is 596 g/mol. The number of nitrogens with zero attached hydrogens (tertiary/aromatic N) is 2. The number of carbonyl (C=O) groups is 1. The molecule has 0 radical (unpaired) electrons. The highest BCUT2D eigenvalue weighted by Crippen LogP contribution is 2.42. The molecule has 41 heavy (non-hydrogen) atoms. The number of hydrogen-bond donors (Lipinski definition) is 1. The SMILES string of the molecule is CCOC[C@H](NC(=O)c1cnc2c(c1)CN(C[C@H]1CC[C@H](C(F)(F)F)CC1)[C@H]2CC)c1ccc(S(=O)(=O)CC)cc1. The van der Waals surface area contributed by atoms with Crippen molar-refractivity contribution >= 4 is 15.7 Å². The molecule has 2 aromatic rings. The van der Waals surface area contributed by atoms with Gasteiger partial charge in [0.25, 0.3) is 5.91 Å². The largest absolute Gasteiger partial charge is 0.391 e. The lowest BCUT2D eigenvalue weighted by Crippen LogP contribution is -2.33. The van der Waals surface area contributed by atoms with Gasteiger partial charge in [0.1, 0.15) is 0 Å². The maximum Gasteiger partial charge on any atom is 0.391 e. The molecule has 2 atom stereocenters. The zero-order valence-electron chi connectivity index (χ0n) is 23.9. The van der Waals surface area contributed by atoms with Gasteiger partial charge >= 0.3 is 6.18 Å². The van der Waals surface area contributed by atoms with Gasteiger partial charge in [-0.2, -0.15) is 13.2 Å². The predicted molar refractivity (Wildman–Crippen MR) is 150 cm³/mol. The van der Waals surface area contributed by atoms with Crippen molar-refractivity contribution in [2.24, 2.45) is 11.8 Å². The lowest BCUT2D eigenvalue weighted by atomic mass is 9.81. The summed E-state index contributed by atoms with van der Waals surface area (Å²) in [5, 5.41) is 3.01. The van der Waals surface area contributed by atoms with Crippen LogP contribution in [-0.4, -0.2) is 55.9 Å². The number of nitrogens with one attached hydrogen (secondary N) is 1. The minimum absolute atomic E-state index is 0.00623. The minimum atomic E-state index is -4.11. The second kappa shape index (κ2) is 13.2. The molecule has 2 aliphatic rings. The fraction of sp³-hybridized carbons (Fsp3) is 0.600. The van der Waals surface area contributed by atoms with Gasteiger partial charge < -0.3 is 10.1 Å². The van der Waals surface area contributed by atoms with Gasteiger partial charge in [-0.25, -0.2) is 8.42 Å². The number of pyridine rings is 1. The van der Waals surface area contributed by atoms with E-state index in [9.17, 15) is 26.4 Å². The summed E-state index contributed by atoms with van der Waals surface area (Å²) >= 11 is 0. The molecule has 7 nitrogen and oxygen atoms in total. The van der Waals surface area contributed by atoms with E-state index in [-0.39, 0.29) is 48.0 Å². The van der Waals surface area contributed by atoms with Gasteiger partial charge in [-0.1, -0.05) is 26.0 Å². The number of sulfone groups is 1. The van der Waals surface area contributed by atoms with E-state index in [1.54, 1.807) is 37.4 Å². The van der Waals surface area contributed by atoms with E-state index >= 15 is 0 Å². The Hall–Kier alpha value is -2.50. The topological polar surface area (TPSA) is 88.6 Å². The molecule has 1 aliphatic carbocycles. The molecular formula is C30H40F3N3O4S. The summed E-state index contributed by atoms with van der Waals surface area (Å²) in [6.07, 6.45) is -0.194. The van der Waals surface area contributed by atoms with Crippen LogP contribution in [0.4, 0.5) is 13.2 Å². The number of amides is 1. The first-order valence-electron chi connectivity index (χ1n) is 14.5. The fourth-order valence-corrected chi connectivity index (χ4v) is 6.88. The first-order valence-corrected chi connectivity index (χ1v) is 16.1. The monoisotopic (exact) mass is 595 g/mol. The van der Waals surface area contributed by atoms with Crippen molar-refractivity contribution < 1.29 is 31.1 Å². The molecule has 1 saturated carbocycles. The van der Waals surface area contributed by atoms with E-state index in [0.29, 0.717) is 31.6 Å². The second-order valence-corrected chi connectivity index (χ2v) is 13.3. The van der Waals surface area contributed by atoms with Crippen LogP contribution in [0.3, 0.4) is 0 Å². The lowest BCUT2D eigenvalue weighted by molar-refractivity contribution is -0.184. The first-order chi connectivity index (χ1) is 19.5. The van der Waals surface area contributed by atoms with Gasteiger partial charge in [-0.15, -0.1) is 0 Å².